The van der Waals surface area contributed by atoms with E-state index in [0.717, 1.165) is 27.8 Å². The van der Waals surface area contributed by atoms with Gasteiger partial charge in [0.1, 0.15) is 12.1 Å². The monoisotopic (exact) mass is 541 g/mol. The number of piperidine rings is 1. The van der Waals surface area contributed by atoms with Gasteiger partial charge in [-0.1, -0.05) is 90.0 Å². The van der Waals surface area contributed by atoms with Crippen molar-refractivity contribution >= 4 is 18.0 Å². The van der Waals surface area contributed by atoms with Gasteiger partial charge in [0.15, 0.2) is 0 Å². The van der Waals surface area contributed by atoms with Crippen molar-refractivity contribution in [3.05, 3.63) is 107 Å². The van der Waals surface area contributed by atoms with Crippen molar-refractivity contribution in [2.75, 3.05) is 13.2 Å². The first kappa shape index (κ1) is 27.4. The van der Waals surface area contributed by atoms with Gasteiger partial charge in [0.2, 0.25) is 0 Å². The van der Waals surface area contributed by atoms with E-state index in [4.69, 9.17) is 9.47 Å². The molecule has 2 saturated heterocycles. The number of aryl methyl sites for hydroxylation is 2. The van der Waals surface area contributed by atoms with E-state index in [1.807, 2.05) is 67.6 Å². The molecule has 0 aromatic heterocycles. The largest absolute Gasteiger partial charge is 0.445 e. The van der Waals surface area contributed by atoms with Crippen LogP contribution < -0.4 is 10.6 Å². The van der Waals surface area contributed by atoms with Gasteiger partial charge in [0, 0.05) is 0 Å². The number of benzene rings is 3. The Morgan fingerprint density at radius 3 is 2.23 bits per heavy atom. The Morgan fingerprint density at radius 1 is 0.950 bits per heavy atom. The van der Waals surface area contributed by atoms with E-state index < -0.39 is 29.1 Å². The molecule has 1 spiro atoms. The van der Waals surface area contributed by atoms with Crippen molar-refractivity contribution in [1.82, 2.24) is 15.5 Å². The zero-order valence-electron chi connectivity index (χ0n) is 23.1. The number of nitrogens with zero attached hydrogens (tertiary/aromatic N) is 1. The molecule has 3 aromatic rings. The van der Waals surface area contributed by atoms with Crippen LogP contribution in [0.1, 0.15) is 53.7 Å². The average Bonchev–Trinajstić information content (AvgIpc) is 3.23. The molecule has 3 aromatic carbocycles. The molecular formula is C32H35N3O5. The van der Waals surface area contributed by atoms with Crippen LogP contribution in [0, 0.1) is 13.8 Å². The highest BCUT2D eigenvalue weighted by molar-refractivity contribution is 6.07. The molecule has 0 radical (unpaired) electrons. The van der Waals surface area contributed by atoms with Crippen LogP contribution in [0.25, 0.3) is 0 Å². The fourth-order valence-corrected chi connectivity index (χ4v) is 5.79. The summed E-state index contributed by atoms with van der Waals surface area (Å²) in [4.78, 5) is 40.6. The summed E-state index contributed by atoms with van der Waals surface area (Å²) in [6.07, 6.45) is -0.108. The first-order chi connectivity index (χ1) is 19.2. The SMILES string of the molecule is Cc1cc(C)cc([C@@H](C)OC[C@@]2(c3ccccc3)CCC3(CN2C(=O)OCc2ccccc2)NC(=O)NC3=O)c1. The zero-order valence-corrected chi connectivity index (χ0v) is 23.1. The minimum absolute atomic E-state index is 0.0472. The number of likely N-dealkylation sites (tertiary alicyclic amines) is 1. The normalized spacial score (nSPS) is 23.0. The van der Waals surface area contributed by atoms with Crippen LogP contribution in [-0.4, -0.2) is 41.6 Å². The Labute approximate surface area is 234 Å². The highest BCUT2D eigenvalue weighted by atomic mass is 16.6. The molecule has 40 heavy (non-hydrogen) atoms. The van der Waals surface area contributed by atoms with E-state index >= 15 is 0 Å². The van der Waals surface area contributed by atoms with E-state index in [-0.39, 0.29) is 25.9 Å². The lowest BCUT2D eigenvalue weighted by molar-refractivity contribution is -0.130. The van der Waals surface area contributed by atoms with Crippen LogP contribution in [0.15, 0.2) is 78.9 Å². The molecule has 0 saturated carbocycles. The number of carbonyl (C=O) groups is 3. The molecule has 3 atom stereocenters. The number of amides is 4. The van der Waals surface area contributed by atoms with Crippen LogP contribution in [0.3, 0.4) is 0 Å². The second kappa shape index (κ2) is 11.1. The van der Waals surface area contributed by atoms with Crippen molar-refractivity contribution in [3.63, 3.8) is 0 Å². The number of hydrogen-bond donors (Lipinski definition) is 2. The van der Waals surface area contributed by atoms with Gasteiger partial charge in [0.25, 0.3) is 5.91 Å². The topological polar surface area (TPSA) is 97.0 Å². The van der Waals surface area contributed by atoms with E-state index in [2.05, 4.69) is 42.7 Å². The maximum absolute atomic E-state index is 13.9. The summed E-state index contributed by atoms with van der Waals surface area (Å²) in [6, 6.07) is 24.9. The lowest BCUT2D eigenvalue weighted by Crippen LogP contribution is -2.67. The molecule has 208 valence electrons. The van der Waals surface area contributed by atoms with Crippen LogP contribution in [0.5, 0.6) is 0 Å². The van der Waals surface area contributed by atoms with E-state index in [0.29, 0.717) is 12.8 Å². The molecular weight excluding hydrogens is 506 g/mol. The van der Waals surface area contributed by atoms with Crippen molar-refractivity contribution in [3.8, 4) is 0 Å². The summed E-state index contributed by atoms with van der Waals surface area (Å²) in [6.45, 7) is 6.32. The summed E-state index contributed by atoms with van der Waals surface area (Å²) in [5.74, 6) is -0.440. The highest BCUT2D eigenvalue weighted by Crippen LogP contribution is 2.43. The minimum atomic E-state index is -1.24. The van der Waals surface area contributed by atoms with Gasteiger partial charge in [-0.05, 0) is 50.3 Å². The Balaban J connectivity index is 1.50. The maximum Gasteiger partial charge on any atom is 0.411 e. The van der Waals surface area contributed by atoms with Gasteiger partial charge >= 0.3 is 12.1 Å². The van der Waals surface area contributed by atoms with Crippen LogP contribution in [0.2, 0.25) is 0 Å². The number of hydrogen-bond acceptors (Lipinski definition) is 5. The van der Waals surface area contributed by atoms with E-state index in [1.54, 1.807) is 4.90 Å². The molecule has 8 heteroatoms. The summed E-state index contributed by atoms with van der Waals surface area (Å²) in [5.41, 5.74) is 2.90. The predicted octanol–water partition coefficient (Wildman–Crippen LogP) is 5.29. The Kier molecular flexibility index (Phi) is 7.63. The molecule has 2 aliphatic rings. The fraction of sp³-hybridized carbons (Fsp3) is 0.344. The number of carbonyl (C=O) groups excluding carboxylic acids is 3. The average molecular weight is 542 g/mol. The third kappa shape index (κ3) is 5.45. The van der Waals surface area contributed by atoms with Crippen LogP contribution in [0.4, 0.5) is 9.59 Å². The fourth-order valence-electron chi connectivity index (χ4n) is 5.79. The van der Waals surface area contributed by atoms with E-state index in [1.165, 1.54) is 0 Å². The molecule has 2 heterocycles. The van der Waals surface area contributed by atoms with Gasteiger partial charge in [-0.2, -0.15) is 0 Å². The second-order valence-electron chi connectivity index (χ2n) is 10.9. The smallest absolute Gasteiger partial charge is 0.411 e. The van der Waals surface area contributed by atoms with Gasteiger partial charge in [-0.25, -0.2) is 9.59 Å². The molecule has 4 amide bonds. The number of rotatable bonds is 7. The van der Waals surface area contributed by atoms with Gasteiger partial charge in [-0.15, -0.1) is 0 Å². The molecule has 1 unspecified atom stereocenters. The Bertz CT molecular complexity index is 1380. The molecule has 2 fully saturated rings. The number of nitrogens with one attached hydrogen (secondary N) is 2. The molecule has 5 rings (SSSR count). The third-order valence-corrected chi connectivity index (χ3v) is 7.95. The van der Waals surface area contributed by atoms with E-state index in [9.17, 15) is 14.4 Å². The molecule has 8 nitrogen and oxygen atoms in total. The number of ether oxygens (including phenoxy) is 2. The predicted molar refractivity (Wildman–Crippen MR) is 150 cm³/mol. The first-order valence-corrected chi connectivity index (χ1v) is 13.6. The summed E-state index contributed by atoms with van der Waals surface area (Å²) in [7, 11) is 0. The lowest BCUT2D eigenvalue weighted by Gasteiger charge is -2.51. The molecule has 0 bridgehead atoms. The van der Waals surface area contributed by atoms with Gasteiger partial charge in [0.05, 0.1) is 24.8 Å². The Morgan fingerprint density at radius 2 is 1.60 bits per heavy atom. The van der Waals surface area contributed by atoms with Crippen molar-refractivity contribution < 1.29 is 23.9 Å². The number of imide groups is 1. The highest BCUT2D eigenvalue weighted by Gasteiger charge is 2.57. The van der Waals surface area contributed by atoms with Gasteiger partial charge in [-0.3, -0.25) is 15.0 Å². The van der Waals surface area contributed by atoms with Crippen LogP contribution >= 0.6 is 0 Å². The standard InChI is InChI=1S/C32H35N3O5/c1-22-16-23(2)18-26(17-22)24(3)40-21-32(27-12-8-5-9-13-27)15-14-31(28(36)33-29(37)34-31)20-35(32)30(38)39-19-25-10-6-4-7-11-25/h4-13,16-18,24H,14-15,19-21H2,1-3H3,(H2,33,34,36,37)/t24-,31?,32-/m1/s1. The van der Waals surface area contributed by atoms with Crippen molar-refractivity contribution in [2.45, 2.75) is 57.4 Å². The first-order valence-electron chi connectivity index (χ1n) is 13.6. The molecule has 2 aliphatic heterocycles. The molecule has 0 aliphatic carbocycles. The molecule has 2 N–H and O–H groups in total. The summed E-state index contributed by atoms with van der Waals surface area (Å²) in [5, 5.41) is 5.13. The summed E-state index contributed by atoms with van der Waals surface area (Å²) < 4.78 is 12.4. The van der Waals surface area contributed by atoms with Gasteiger partial charge < -0.3 is 14.8 Å². The van der Waals surface area contributed by atoms with Crippen LogP contribution in [-0.2, 0) is 26.4 Å². The summed E-state index contributed by atoms with van der Waals surface area (Å²) >= 11 is 0. The second-order valence-corrected chi connectivity index (χ2v) is 10.9. The quantitative estimate of drug-likeness (QED) is 0.397. The zero-order chi connectivity index (χ0) is 28.3. The third-order valence-electron chi connectivity index (χ3n) is 7.95. The Hall–Kier alpha value is -4.17. The lowest BCUT2D eigenvalue weighted by atomic mass is 9.74. The van der Waals surface area contributed by atoms with Crippen molar-refractivity contribution in [1.29, 1.82) is 0 Å². The number of urea groups is 1. The van der Waals surface area contributed by atoms with Crippen molar-refractivity contribution in [2.24, 2.45) is 0 Å². The maximum atomic E-state index is 13.9. The minimum Gasteiger partial charge on any atom is -0.445 e.